The third-order valence-corrected chi connectivity index (χ3v) is 2.97. The third-order valence-electron chi connectivity index (χ3n) is 1.64. The zero-order chi connectivity index (χ0) is 10.6. The van der Waals surface area contributed by atoms with Crippen LogP contribution in [0.5, 0.6) is 0 Å². The molecule has 0 aliphatic carbocycles. The minimum atomic E-state index is -0.896. The van der Waals surface area contributed by atoms with Gasteiger partial charge in [-0.2, -0.15) is 0 Å². The molecule has 1 aromatic rings. The van der Waals surface area contributed by atoms with Gasteiger partial charge in [-0.3, -0.25) is 0 Å². The normalized spacial score (nSPS) is 11.7. The zero-order valence-electron chi connectivity index (χ0n) is 8.11. The lowest BCUT2D eigenvalue weighted by molar-refractivity contribution is -0.131. The van der Waals surface area contributed by atoms with Gasteiger partial charge in [-0.15, -0.1) is 11.8 Å². The van der Waals surface area contributed by atoms with Crippen LogP contribution in [0.1, 0.15) is 12.7 Å². The van der Waals surface area contributed by atoms with E-state index in [9.17, 15) is 4.79 Å². The van der Waals surface area contributed by atoms with Crippen molar-refractivity contribution in [3.63, 3.8) is 0 Å². The number of aryl methyl sites for hydroxylation is 1. The fraction of sp³-hybridized carbons (Fsp3) is 0.300. The first-order chi connectivity index (χ1) is 6.59. The number of hydrogen-bond donors (Lipinski definition) is 1. The second-order valence-corrected chi connectivity index (χ2v) is 3.98. The number of thioether (sulfide) groups is 1. The first-order valence-corrected chi connectivity index (χ1v) is 5.15. The molecular formula is C10H12O3S. The van der Waals surface area contributed by atoms with E-state index in [4.69, 9.17) is 9.52 Å². The Kier molecular flexibility index (Phi) is 3.83. The minimum absolute atomic E-state index is 0.673. The molecule has 0 amide bonds. The van der Waals surface area contributed by atoms with Crippen LogP contribution in [0.2, 0.25) is 0 Å². The van der Waals surface area contributed by atoms with Gasteiger partial charge in [0, 0.05) is 16.7 Å². The van der Waals surface area contributed by atoms with E-state index in [-0.39, 0.29) is 0 Å². The molecule has 0 unspecified atom stereocenters. The first kappa shape index (κ1) is 10.9. The van der Waals surface area contributed by atoms with Crippen LogP contribution in [0.15, 0.2) is 33.3 Å². The second kappa shape index (κ2) is 4.91. The lowest BCUT2D eigenvalue weighted by Crippen LogP contribution is -1.91. The van der Waals surface area contributed by atoms with E-state index in [1.807, 2.05) is 13.0 Å². The highest BCUT2D eigenvalue weighted by molar-refractivity contribution is 7.99. The highest BCUT2D eigenvalue weighted by Crippen LogP contribution is 2.24. The summed E-state index contributed by atoms with van der Waals surface area (Å²) < 4.78 is 5.12. The lowest BCUT2D eigenvalue weighted by Gasteiger charge is -1.98. The smallest absolute Gasteiger partial charge is 0.328 e. The Bertz CT molecular complexity index is 352. The van der Waals surface area contributed by atoms with Gasteiger partial charge in [-0.25, -0.2) is 4.79 Å². The van der Waals surface area contributed by atoms with Crippen LogP contribution in [-0.2, 0) is 4.79 Å². The van der Waals surface area contributed by atoms with Gasteiger partial charge in [0.15, 0.2) is 0 Å². The Morgan fingerprint density at radius 1 is 1.71 bits per heavy atom. The first-order valence-electron chi connectivity index (χ1n) is 4.16. The number of carboxylic acid groups (broad SMARTS) is 1. The molecule has 0 aromatic carbocycles. The van der Waals surface area contributed by atoms with Crippen LogP contribution in [0.4, 0.5) is 0 Å². The van der Waals surface area contributed by atoms with Crippen LogP contribution >= 0.6 is 11.8 Å². The highest BCUT2D eigenvalue weighted by Gasteiger charge is 2.02. The van der Waals surface area contributed by atoms with Crippen LogP contribution in [-0.4, -0.2) is 16.8 Å². The second-order valence-electron chi connectivity index (χ2n) is 2.96. The molecule has 0 aliphatic rings. The van der Waals surface area contributed by atoms with E-state index in [1.165, 1.54) is 6.08 Å². The standard InChI is InChI=1S/C10H12O3S/c1-7(5-10(11)12)6-14-9-3-4-13-8(9)2/h3-5H,6H2,1-2H3,(H,11,12)/b7-5-. The van der Waals surface area contributed by atoms with Crippen molar-refractivity contribution >= 4 is 17.7 Å². The molecule has 0 saturated carbocycles. The molecule has 0 atom stereocenters. The molecule has 3 nitrogen and oxygen atoms in total. The number of hydrogen-bond acceptors (Lipinski definition) is 3. The van der Waals surface area contributed by atoms with Crippen molar-refractivity contribution in [2.75, 3.05) is 5.75 Å². The Morgan fingerprint density at radius 3 is 2.93 bits per heavy atom. The summed E-state index contributed by atoms with van der Waals surface area (Å²) in [5, 5.41) is 8.49. The number of aliphatic carboxylic acids is 1. The summed E-state index contributed by atoms with van der Waals surface area (Å²) in [6, 6.07) is 1.88. The summed E-state index contributed by atoms with van der Waals surface area (Å²) in [5.41, 5.74) is 0.836. The van der Waals surface area contributed by atoms with E-state index in [2.05, 4.69) is 0 Å². The van der Waals surface area contributed by atoms with Gasteiger partial charge in [0.25, 0.3) is 0 Å². The Hall–Kier alpha value is -1.16. The fourth-order valence-electron chi connectivity index (χ4n) is 0.967. The molecule has 0 spiro atoms. The molecule has 14 heavy (non-hydrogen) atoms. The van der Waals surface area contributed by atoms with Gasteiger partial charge in [0.2, 0.25) is 0 Å². The van der Waals surface area contributed by atoms with Gasteiger partial charge in [0.1, 0.15) is 5.76 Å². The maximum Gasteiger partial charge on any atom is 0.328 e. The van der Waals surface area contributed by atoms with Crippen molar-refractivity contribution < 1.29 is 14.3 Å². The number of carbonyl (C=O) groups is 1. The molecule has 76 valence electrons. The SMILES string of the molecule is C/C(=C/C(=O)O)CSc1ccoc1C. The summed E-state index contributed by atoms with van der Waals surface area (Å²) >= 11 is 1.58. The van der Waals surface area contributed by atoms with E-state index in [1.54, 1.807) is 24.9 Å². The van der Waals surface area contributed by atoms with Crippen molar-refractivity contribution in [3.8, 4) is 0 Å². The van der Waals surface area contributed by atoms with Gasteiger partial charge >= 0.3 is 5.97 Å². The van der Waals surface area contributed by atoms with Crippen molar-refractivity contribution in [3.05, 3.63) is 29.7 Å². The van der Waals surface area contributed by atoms with Crippen molar-refractivity contribution in [1.82, 2.24) is 0 Å². The molecule has 1 aromatic heterocycles. The van der Waals surface area contributed by atoms with Crippen molar-refractivity contribution in [2.45, 2.75) is 18.7 Å². The Balaban J connectivity index is 2.49. The maximum absolute atomic E-state index is 10.3. The largest absolute Gasteiger partial charge is 0.478 e. The average molecular weight is 212 g/mol. The van der Waals surface area contributed by atoms with Crippen molar-refractivity contribution in [2.24, 2.45) is 0 Å². The number of carboxylic acids is 1. The average Bonchev–Trinajstić information content (AvgIpc) is 2.46. The quantitative estimate of drug-likeness (QED) is 0.616. The minimum Gasteiger partial charge on any atom is -0.478 e. The van der Waals surface area contributed by atoms with Gasteiger partial charge in [-0.05, 0) is 19.9 Å². The molecule has 0 saturated heterocycles. The molecule has 0 bridgehead atoms. The molecule has 0 radical (unpaired) electrons. The summed E-state index contributed by atoms with van der Waals surface area (Å²) in [4.78, 5) is 11.4. The molecule has 4 heteroatoms. The highest BCUT2D eigenvalue weighted by atomic mass is 32.2. The van der Waals surface area contributed by atoms with Gasteiger partial charge < -0.3 is 9.52 Å². The maximum atomic E-state index is 10.3. The van der Waals surface area contributed by atoms with Crippen LogP contribution in [0.25, 0.3) is 0 Å². The molecule has 1 N–H and O–H groups in total. The van der Waals surface area contributed by atoms with Crippen LogP contribution < -0.4 is 0 Å². The van der Waals surface area contributed by atoms with E-state index >= 15 is 0 Å². The molecule has 0 fully saturated rings. The van der Waals surface area contributed by atoms with E-state index in [0.717, 1.165) is 16.2 Å². The summed E-state index contributed by atoms with van der Waals surface area (Å²) in [6.07, 6.45) is 2.86. The summed E-state index contributed by atoms with van der Waals surface area (Å²) in [5.74, 6) is 0.650. The van der Waals surface area contributed by atoms with Crippen LogP contribution in [0, 0.1) is 6.92 Å². The van der Waals surface area contributed by atoms with E-state index < -0.39 is 5.97 Å². The lowest BCUT2D eigenvalue weighted by atomic mass is 10.3. The summed E-state index contributed by atoms with van der Waals surface area (Å²) in [7, 11) is 0. The Labute approximate surface area is 86.8 Å². The zero-order valence-corrected chi connectivity index (χ0v) is 8.93. The van der Waals surface area contributed by atoms with Gasteiger partial charge in [0.05, 0.1) is 6.26 Å². The van der Waals surface area contributed by atoms with Crippen molar-refractivity contribution in [1.29, 1.82) is 0 Å². The monoisotopic (exact) mass is 212 g/mol. The molecule has 1 rings (SSSR count). The van der Waals surface area contributed by atoms with Crippen LogP contribution in [0.3, 0.4) is 0 Å². The summed E-state index contributed by atoms with van der Waals surface area (Å²) in [6.45, 7) is 3.69. The number of rotatable bonds is 4. The number of furan rings is 1. The Morgan fingerprint density at radius 2 is 2.43 bits per heavy atom. The van der Waals surface area contributed by atoms with Gasteiger partial charge in [-0.1, -0.05) is 5.57 Å². The van der Waals surface area contributed by atoms with E-state index in [0.29, 0.717) is 5.75 Å². The molecule has 0 aliphatic heterocycles. The third kappa shape index (κ3) is 3.30. The molecular weight excluding hydrogens is 200 g/mol. The molecule has 1 heterocycles. The predicted molar refractivity (Wildman–Crippen MR) is 55.6 cm³/mol. The fourth-order valence-corrected chi connectivity index (χ4v) is 1.84. The predicted octanol–water partition coefficient (Wildman–Crippen LogP) is 2.71. The topological polar surface area (TPSA) is 50.4 Å².